The molecule has 0 aromatic heterocycles. The molecule has 0 amide bonds. The topological polar surface area (TPSA) is 43.1 Å². The van der Waals surface area contributed by atoms with Crippen molar-refractivity contribution in [3.8, 4) is 0 Å². The summed E-state index contributed by atoms with van der Waals surface area (Å²) in [5.41, 5.74) is 0. The number of hydrogen-bond donors (Lipinski definition) is 0. The molecule has 2 aromatic carbocycles. The van der Waals surface area contributed by atoms with Gasteiger partial charge in [0, 0.05) is 11.3 Å². The first-order chi connectivity index (χ1) is 9.63. The van der Waals surface area contributed by atoms with Crippen LogP contribution < -0.4 is 10.4 Å². The zero-order valence-electron chi connectivity index (χ0n) is 11.7. The monoisotopic (exact) mass is 285 g/mol. The summed E-state index contributed by atoms with van der Waals surface area (Å²) in [6.07, 6.45) is 0.638. The van der Waals surface area contributed by atoms with E-state index in [9.17, 15) is 10.1 Å². The summed E-state index contributed by atoms with van der Waals surface area (Å²) >= 11 is 0. The van der Waals surface area contributed by atoms with E-state index in [2.05, 4.69) is 55.1 Å². The normalized spacial score (nSPS) is 11.2. The van der Waals surface area contributed by atoms with Crippen molar-refractivity contribution in [3.05, 3.63) is 70.8 Å². The Hall–Kier alpha value is -1.94. The summed E-state index contributed by atoms with van der Waals surface area (Å²) in [6, 6.07) is 21.8. The average molecular weight is 285 g/mol. The van der Waals surface area contributed by atoms with E-state index in [-0.39, 0.29) is 11.5 Å². The highest BCUT2D eigenvalue weighted by atomic mass is 28.3. The van der Waals surface area contributed by atoms with Gasteiger partial charge in [-0.05, 0) is 6.04 Å². The molecule has 20 heavy (non-hydrogen) atoms. The van der Waals surface area contributed by atoms with Crippen LogP contribution in [0.5, 0.6) is 0 Å². The summed E-state index contributed by atoms with van der Waals surface area (Å²) in [5.74, 6) is 0. The minimum Gasteiger partial charge on any atom is -0.265 e. The largest absolute Gasteiger partial charge is 0.265 e. The smallest absolute Gasteiger partial charge is 0.203 e. The molecule has 0 aliphatic heterocycles. The Morgan fingerprint density at radius 2 is 1.40 bits per heavy atom. The summed E-state index contributed by atoms with van der Waals surface area (Å²) in [4.78, 5) is 10.4. The maximum absolute atomic E-state index is 10.6. The second-order valence-corrected chi connectivity index (χ2v) is 9.54. The van der Waals surface area contributed by atoms with Crippen molar-refractivity contribution < 1.29 is 4.92 Å². The Morgan fingerprint density at radius 1 is 0.950 bits per heavy atom. The summed E-state index contributed by atoms with van der Waals surface area (Å²) in [5, 5.41) is 13.3. The van der Waals surface area contributed by atoms with Gasteiger partial charge in [-0.3, -0.25) is 10.1 Å². The molecule has 0 aliphatic rings. The Balaban J connectivity index is 2.31. The third-order valence-electron chi connectivity index (χ3n) is 3.84. The Morgan fingerprint density at radius 3 is 1.80 bits per heavy atom. The highest BCUT2D eigenvalue weighted by Gasteiger charge is 2.31. The van der Waals surface area contributed by atoms with Gasteiger partial charge < -0.3 is 0 Å². The summed E-state index contributed by atoms with van der Waals surface area (Å²) in [7, 11) is -1.87. The molecule has 0 saturated carbocycles. The first kappa shape index (κ1) is 14.5. The van der Waals surface area contributed by atoms with Gasteiger partial charge in [0.25, 0.3) is 0 Å². The molecule has 0 atom stereocenters. The standard InChI is InChI=1S/C16H19NO2Si/c1-20(14-8-13-17(18)19,15-9-4-2-5-10-15)16-11-6-3-7-12-16/h2-7,9-12H,8,13-14H2,1H3. The molecule has 0 fully saturated rings. The molecular weight excluding hydrogens is 266 g/mol. The molecule has 0 N–H and O–H groups in total. The molecule has 104 valence electrons. The molecule has 0 saturated heterocycles. The molecule has 0 unspecified atom stereocenters. The third kappa shape index (κ3) is 3.33. The van der Waals surface area contributed by atoms with Crippen molar-refractivity contribution in [2.24, 2.45) is 0 Å². The molecule has 0 radical (unpaired) electrons. The number of nitrogens with zero attached hydrogens (tertiary/aromatic N) is 1. The van der Waals surface area contributed by atoms with Gasteiger partial charge in [0.2, 0.25) is 6.54 Å². The zero-order valence-corrected chi connectivity index (χ0v) is 12.7. The molecule has 2 rings (SSSR count). The zero-order chi connectivity index (χ0) is 14.4. The molecular formula is C16H19NO2Si. The van der Waals surface area contributed by atoms with Gasteiger partial charge in [0.1, 0.15) is 8.07 Å². The minimum absolute atomic E-state index is 0.0578. The highest BCUT2D eigenvalue weighted by Crippen LogP contribution is 2.13. The number of benzene rings is 2. The molecule has 2 aromatic rings. The van der Waals surface area contributed by atoms with Gasteiger partial charge in [-0.1, -0.05) is 77.6 Å². The molecule has 0 aliphatic carbocycles. The van der Waals surface area contributed by atoms with Crippen LogP contribution in [0.1, 0.15) is 6.42 Å². The van der Waals surface area contributed by atoms with Gasteiger partial charge in [-0.15, -0.1) is 0 Å². The van der Waals surface area contributed by atoms with E-state index in [4.69, 9.17) is 0 Å². The maximum Gasteiger partial charge on any atom is 0.203 e. The van der Waals surface area contributed by atoms with Crippen molar-refractivity contribution in [2.75, 3.05) is 6.54 Å². The number of hydrogen-bond acceptors (Lipinski definition) is 2. The summed E-state index contributed by atoms with van der Waals surface area (Å²) < 4.78 is 0. The SMILES string of the molecule is C[Si](CCC[N+](=O)[O-])(c1ccccc1)c1ccccc1. The van der Waals surface area contributed by atoms with Gasteiger partial charge in [-0.25, -0.2) is 0 Å². The van der Waals surface area contributed by atoms with E-state index in [0.29, 0.717) is 6.42 Å². The molecule has 4 heteroatoms. The van der Waals surface area contributed by atoms with Crippen LogP contribution >= 0.6 is 0 Å². The Kier molecular flexibility index (Phi) is 4.68. The average Bonchev–Trinajstić information content (AvgIpc) is 2.48. The molecule has 0 spiro atoms. The fraction of sp³-hybridized carbons (Fsp3) is 0.250. The van der Waals surface area contributed by atoms with Crippen molar-refractivity contribution in [3.63, 3.8) is 0 Å². The fourth-order valence-electron chi connectivity index (χ4n) is 2.63. The van der Waals surface area contributed by atoms with Crippen LogP contribution in [0.15, 0.2) is 60.7 Å². The van der Waals surface area contributed by atoms with E-state index >= 15 is 0 Å². The molecule has 3 nitrogen and oxygen atoms in total. The maximum atomic E-state index is 10.6. The lowest BCUT2D eigenvalue weighted by atomic mass is 10.4. The quantitative estimate of drug-likeness (QED) is 0.465. The van der Waals surface area contributed by atoms with Gasteiger partial charge in [0.05, 0.1) is 0 Å². The van der Waals surface area contributed by atoms with Crippen molar-refractivity contribution in [2.45, 2.75) is 19.0 Å². The predicted molar refractivity (Wildman–Crippen MR) is 85.1 cm³/mol. The van der Waals surface area contributed by atoms with E-state index < -0.39 is 8.07 Å². The lowest BCUT2D eigenvalue weighted by Gasteiger charge is -2.28. The van der Waals surface area contributed by atoms with Crippen LogP contribution in [0.3, 0.4) is 0 Å². The van der Waals surface area contributed by atoms with Gasteiger partial charge in [-0.2, -0.15) is 0 Å². The van der Waals surface area contributed by atoms with Crippen LogP contribution in [0.4, 0.5) is 0 Å². The van der Waals surface area contributed by atoms with Crippen molar-refractivity contribution in [1.29, 1.82) is 0 Å². The van der Waals surface area contributed by atoms with Crippen LogP contribution in [0, 0.1) is 10.1 Å². The fourth-order valence-corrected chi connectivity index (χ4v) is 6.26. The molecule has 0 bridgehead atoms. The Bertz CT molecular complexity index is 518. The third-order valence-corrected chi connectivity index (χ3v) is 8.41. The highest BCUT2D eigenvalue weighted by molar-refractivity contribution is 7.01. The van der Waals surface area contributed by atoms with Crippen molar-refractivity contribution >= 4 is 18.4 Å². The van der Waals surface area contributed by atoms with Crippen LogP contribution in [-0.2, 0) is 0 Å². The first-order valence-electron chi connectivity index (χ1n) is 6.86. The van der Waals surface area contributed by atoms with Gasteiger partial charge >= 0.3 is 0 Å². The number of nitro groups is 1. The second kappa shape index (κ2) is 6.48. The van der Waals surface area contributed by atoms with E-state index in [1.807, 2.05) is 12.1 Å². The van der Waals surface area contributed by atoms with E-state index in [1.54, 1.807) is 0 Å². The minimum atomic E-state index is -1.87. The van der Waals surface area contributed by atoms with Crippen LogP contribution in [0.2, 0.25) is 12.6 Å². The lowest BCUT2D eigenvalue weighted by Crippen LogP contribution is -2.55. The van der Waals surface area contributed by atoms with E-state index in [1.165, 1.54) is 10.4 Å². The predicted octanol–water partition coefficient (Wildman–Crippen LogP) is 2.55. The van der Waals surface area contributed by atoms with Crippen molar-refractivity contribution in [1.82, 2.24) is 0 Å². The van der Waals surface area contributed by atoms with Gasteiger partial charge in [0.15, 0.2) is 0 Å². The first-order valence-corrected chi connectivity index (χ1v) is 9.56. The van der Waals surface area contributed by atoms with Crippen LogP contribution in [-0.4, -0.2) is 19.5 Å². The summed E-state index contributed by atoms with van der Waals surface area (Å²) in [6.45, 7) is 2.36. The molecule has 0 heterocycles. The Labute approximate surface area is 120 Å². The van der Waals surface area contributed by atoms with E-state index in [0.717, 1.165) is 6.04 Å². The second-order valence-electron chi connectivity index (χ2n) is 5.22. The number of rotatable bonds is 6. The van der Waals surface area contributed by atoms with Crippen LogP contribution in [0.25, 0.3) is 0 Å². The lowest BCUT2D eigenvalue weighted by molar-refractivity contribution is -0.479.